The fraction of sp³-hybridized carbons (Fsp3) is 0.389. The lowest BCUT2D eigenvalue weighted by Crippen LogP contribution is -2.43. The monoisotopic (exact) mass is 339 g/mol. The number of hydrogen-bond donors (Lipinski definition) is 3. The Kier molecular flexibility index (Phi) is 3.61. The number of rotatable bonds is 2. The normalized spacial score (nSPS) is 18.1. The molecule has 4 N–H and O–H groups in total. The van der Waals surface area contributed by atoms with Crippen LogP contribution in [0.5, 0.6) is 0 Å². The van der Waals surface area contributed by atoms with Crippen LogP contribution >= 0.6 is 0 Å². The number of benzene rings is 1. The fourth-order valence-corrected chi connectivity index (χ4v) is 3.73. The number of anilines is 3. The van der Waals surface area contributed by atoms with E-state index in [9.17, 15) is 4.79 Å². The van der Waals surface area contributed by atoms with E-state index >= 15 is 0 Å². The highest BCUT2D eigenvalue weighted by atomic mass is 16.5. The van der Waals surface area contributed by atoms with Gasteiger partial charge in [0.15, 0.2) is 0 Å². The summed E-state index contributed by atoms with van der Waals surface area (Å²) in [5.74, 6) is 1.13. The van der Waals surface area contributed by atoms with Gasteiger partial charge in [-0.1, -0.05) is 0 Å². The first-order valence-corrected chi connectivity index (χ1v) is 8.40. The van der Waals surface area contributed by atoms with Gasteiger partial charge in [0.1, 0.15) is 18.0 Å². The van der Waals surface area contributed by atoms with E-state index in [1.807, 2.05) is 26.0 Å². The summed E-state index contributed by atoms with van der Waals surface area (Å²) >= 11 is 0. The largest absolute Gasteiger partial charge is 0.383 e. The predicted octanol–water partition coefficient (Wildman–Crippen LogP) is 2.17. The maximum absolute atomic E-state index is 12.5. The topological polar surface area (TPSA) is 102 Å². The Balaban J connectivity index is 1.77. The van der Waals surface area contributed by atoms with E-state index in [1.165, 1.54) is 6.33 Å². The number of carbonyl (C=O) groups is 1. The molecule has 3 heterocycles. The third-order valence-electron chi connectivity index (χ3n) is 5.16. The van der Waals surface area contributed by atoms with Gasteiger partial charge in [-0.05, 0) is 49.9 Å². The molecule has 1 saturated heterocycles. The summed E-state index contributed by atoms with van der Waals surface area (Å²) in [6.07, 6.45) is 3.01. The second kappa shape index (κ2) is 5.70. The first-order chi connectivity index (χ1) is 12.0. The summed E-state index contributed by atoms with van der Waals surface area (Å²) in [5.41, 5.74) is 10.0. The van der Waals surface area contributed by atoms with Crippen molar-refractivity contribution < 1.29 is 9.53 Å². The van der Waals surface area contributed by atoms with E-state index in [0.29, 0.717) is 24.8 Å². The van der Waals surface area contributed by atoms with Crippen LogP contribution in [0.1, 0.15) is 39.9 Å². The molecule has 2 aromatic rings. The van der Waals surface area contributed by atoms with Crippen molar-refractivity contribution in [1.29, 1.82) is 0 Å². The number of nitrogens with one attached hydrogen (secondary N) is 2. The molecule has 130 valence electrons. The lowest BCUT2D eigenvalue weighted by Gasteiger charge is -2.34. The minimum absolute atomic E-state index is 0.00316. The van der Waals surface area contributed by atoms with Crippen molar-refractivity contribution in [2.75, 3.05) is 24.3 Å². The third kappa shape index (κ3) is 2.51. The Bertz CT molecular complexity index is 859. The standard InChI is InChI=1S/C18H21N5O2/c1-10-7-12(22-16-11(2)15(19)20-9-21-16)8-13-14(10)17(24)23-18(13)3-5-25-6-4-18/h7-9H,3-6H2,1-2H3,(H,23,24)(H3,19,20,21,22). The van der Waals surface area contributed by atoms with Gasteiger partial charge in [-0.15, -0.1) is 0 Å². The van der Waals surface area contributed by atoms with Crippen LogP contribution in [0.3, 0.4) is 0 Å². The lowest BCUT2D eigenvalue weighted by molar-refractivity contribution is 0.0395. The summed E-state index contributed by atoms with van der Waals surface area (Å²) in [5, 5.41) is 6.51. The Morgan fingerprint density at radius 1 is 1.24 bits per heavy atom. The van der Waals surface area contributed by atoms with Crippen molar-refractivity contribution in [3.8, 4) is 0 Å². The number of fused-ring (bicyclic) bond motifs is 2. The molecule has 0 unspecified atom stereocenters. The number of nitrogens with two attached hydrogens (primary N) is 1. The molecule has 0 atom stereocenters. The Labute approximate surface area is 146 Å². The number of ether oxygens (including phenoxy) is 1. The van der Waals surface area contributed by atoms with E-state index < -0.39 is 0 Å². The highest BCUT2D eigenvalue weighted by Gasteiger charge is 2.44. The third-order valence-corrected chi connectivity index (χ3v) is 5.16. The molecular formula is C18H21N5O2. The minimum Gasteiger partial charge on any atom is -0.383 e. The van der Waals surface area contributed by atoms with Crippen LogP contribution in [0.2, 0.25) is 0 Å². The molecule has 1 amide bonds. The number of carbonyl (C=O) groups excluding carboxylic acids is 1. The van der Waals surface area contributed by atoms with Crippen LogP contribution in [0.25, 0.3) is 0 Å². The van der Waals surface area contributed by atoms with Crippen LogP contribution < -0.4 is 16.4 Å². The average Bonchev–Trinajstić information content (AvgIpc) is 2.85. The van der Waals surface area contributed by atoms with Gasteiger partial charge >= 0.3 is 0 Å². The second-order valence-corrected chi connectivity index (χ2v) is 6.72. The quantitative estimate of drug-likeness (QED) is 0.775. The zero-order chi connectivity index (χ0) is 17.6. The molecule has 7 heteroatoms. The molecule has 0 aliphatic carbocycles. The number of nitrogens with zero attached hydrogens (tertiary/aromatic N) is 2. The zero-order valence-electron chi connectivity index (χ0n) is 14.3. The molecule has 1 spiro atoms. The zero-order valence-corrected chi connectivity index (χ0v) is 14.3. The van der Waals surface area contributed by atoms with Gasteiger partial charge in [-0.2, -0.15) is 0 Å². The summed E-state index contributed by atoms with van der Waals surface area (Å²) in [6.45, 7) is 5.14. The van der Waals surface area contributed by atoms with E-state index in [-0.39, 0.29) is 11.4 Å². The van der Waals surface area contributed by atoms with Gasteiger partial charge in [-0.3, -0.25) is 4.79 Å². The van der Waals surface area contributed by atoms with Gasteiger partial charge < -0.3 is 21.1 Å². The average molecular weight is 339 g/mol. The lowest BCUT2D eigenvalue weighted by atomic mass is 9.82. The molecule has 25 heavy (non-hydrogen) atoms. The molecule has 0 saturated carbocycles. The number of amides is 1. The van der Waals surface area contributed by atoms with Crippen LogP contribution in [0, 0.1) is 13.8 Å². The molecule has 1 aromatic carbocycles. The van der Waals surface area contributed by atoms with E-state index in [0.717, 1.165) is 40.8 Å². The summed E-state index contributed by atoms with van der Waals surface area (Å²) < 4.78 is 5.49. The molecule has 4 rings (SSSR count). The van der Waals surface area contributed by atoms with Gasteiger partial charge in [0.05, 0.1) is 5.54 Å². The molecule has 7 nitrogen and oxygen atoms in total. The first-order valence-electron chi connectivity index (χ1n) is 8.40. The van der Waals surface area contributed by atoms with E-state index in [2.05, 4.69) is 20.6 Å². The van der Waals surface area contributed by atoms with Crippen molar-refractivity contribution in [2.45, 2.75) is 32.2 Å². The van der Waals surface area contributed by atoms with E-state index in [4.69, 9.17) is 10.5 Å². The number of hydrogen-bond acceptors (Lipinski definition) is 6. The smallest absolute Gasteiger partial charge is 0.252 e. The Morgan fingerprint density at radius 3 is 2.76 bits per heavy atom. The van der Waals surface area contributed by atoms with Crippen molar-refractivity contribution in [3.05, 3.63) is 40.7 Å². The van der Waals surface area contributed by atoms with Gasteiger partial charge in [0.25, 0.3) is 5.91 Å². The van der Waals surface area contributed by atoms with Crippen molar-refractivity contribution in [1.82, 2.24) is 15.3 Å². The summed E-state index contributed by atoms with van der Waals surface area (Å²) in [6, 6.07) is 4.01. The van der Waals surface area contributed by atoms with Crippen molar-refractivity contribution >= 4 is 23.2 Å². The number of aryl methyl sites for hydroxylation is 1. The molecule has 2 aliphatic heterocycles. The van der Waals surface area contributed by atoms with Crippen LogP contribution in [0.4, 0.5) is 17.3 Å². The highest BCUT2D eigenvalue weighted by molar-refractivity contribution is 6.02. The van der Waals surface area contributed by atoms with Gasteiger partial charge in [-0.25, -0.2) is 9.97 Å². The van der Waals surface area contributed by atoms with Crippen LogP contribution in [0.15, 0.2) is 18.5 Å². The van der Waals surface area contributed by atoms with Crippen molar-refractivity contribution in [3.63, 3.8) is 0 Å². The molecule has 1 fully saturated rings. The summed E-state index contributed by atoms with van der Waals surface area (Å²) in [4.78, 5) is 20.8. The minimum atomic E-state index is -0.327. The second-order valence-electron chi connectivity index (χ2n) is 6.72. The SMILES string of the molecule is Cc1cc(Nc2ncnc(N)c2C)cc2c1C(=O)NC21CCOCC1. The summed E-state index contributed by atoms with van der Waals surface area (Å²) in [7, 11) is 0. The maximum atomic E-state index is 12.5. The Hall–Kier alpha value is -2.67. The molecule has 0 radical (unpaired) electrons. The van der Waals surface area contributed by atoms with Gasteiger partial charge in [0.2, 0.25) is 0 Å². The van der Waals surface area contributed by atoms with Crippen LogP contribution in [-0.4, -0.2) is 29.1 Å². The van der Waals surface area contributed by atoms with Crippen LogP contribution in [-0.2, 0) is 10.3 Å². The number of aromatic nitrogens is 2. The molecule has 1 aromatic heterocycles. The molecular weight excluding hydrogens is 318 g/mol. The molecule has 0 bridgehead atoms. The molecule has 2 aliphatic rings. The van der Waals surface area contributed by atoms with E-state index in [1.54, 1.807) is 0 Å². The van der Waals surface area contributed by atoms with Crippen molar-refractivity contribution in [2.24, 2.45) is 0 Å². The maximum Gasteiger partial charge on any atom is 0.252 e. The van der Waals surface area contributed by atoms with Gasteiger partial charge in [0, 0.05) is 30.0 Å². The first kappa shape index (κ1) is 15.8. The fourth-order valence-electron chi connectivity index (χ4n) is 3.73. The Morgan fingerprint density at radius 2 is 2.00 bits per heavy atom. The predicted molar refractivity (Wildman–Crippen MR) is 94.8 cm³/mol. The number of nitrogen functional groups attached to an aromatic ring is 1. The highest BCUT2D eigenvalue weighted by Crippen LogP contribution is 2.42.